The number of ether oxygens (including phenoxy) is 1. The molecule has 2 aliphatic rings. The maximum Gasteiger partial charge on any atom is 0.337 e. The molecule has 2 aromatic rings. The van der Waals surface area contributed by atoms with Crippen LogP contribution in [0.1, 0.15) is 39.9 Å². The van der Waals surface area contributed by atoms with E-state index in [0.29, 0.717) is 16.5 Å². The highest BCUT2D eigenvalue weighted by Crippen LogP contribution is 2.53. The van der Waals surface area contributed by atoms with Gasteiger partial charge in [0, 0.05) is 16.5 Å². The molecular formula is C20H17Cl2NO2. The molecule has 3 nitrogen and oxygen atoms in total. The second kappa shape index (κ2) is 6.40. The van der Waals surface area contributed by atoms with Crippen LogP contribution in [0.3, 0.4) is 0 Å². The molecule has 0 saturated carbocycles. The molecule has 0 spiro atoms. The lowest BCUT2D eigenvalue weighted by atomic mass is 9.77. The standard InChI is InChI=1S/C20H17Cl2NO2/c1-25-20(24)12-7-5-11(6-8-12)18-14-4-2-3-13(14)17-15(21)9-10-16(22)19(17)23-18/h2-3,5-10,13-14,18,23H,4H2,1H3/t13-,14-,18+/m0/s1. The Labute approximate surface area is 156 Å². The maximum absolute atomic E-state index is 11.6. The summed E-state index contributed by atoms with van der Waals surface area (Å²) >= 11 is 12.9. The summed E-state index contributed by atoms with van der Waals surface area (Å²) in [5.74, 6) is 0.281. The van der Waals surface area contributed by atoms with Gasteiger partial charge in [0.05, 0.1) is 29.4 Å². The Kier molecular flexibility index (Phi) is 4.22. The van der Waals surface area contributed by atoms with Crippen molar-refractivity contribution in [1.82, 2.24) is 0 Å². The van der Waals surface area contributed by atoms with Crippen molar-refractivity contribution in [2.75, 3.05) is 12.4 Å². The molecule has 1 aliphatic carbocycles. The number of anilines is 1. The summed E-state index contributed by atoms with van der Waals surface area (Å²) in [6.07, 6.45) is 5.41. The van der Waals surface area contributed by atoms with Crippen LogP contribution >= 0.6 is 23.2 Å². The van der Waals surface area contributed by atoms with Crippen molar-refractivity contribution in [3.05, 3.63) is 75.3 Å². The molecule has 0 unspecified atom stereocenters. The van der Waals surface area contributed by atoms with Crippen molar-refractivity contribution in [3.8, 4) is 0 Å². The molecule has 0 aromatic heterocycles. The minimum Gasteiger partial charge on any atom is -0.465 e. The molecule has 0 amide bonds. The fraction of sp³-hybridized carbons (Fsp3) is 0.250. The topological polar surface area (TPSA) is 38.3 Å². The summed E-state index contributed by atoms with van der Waals surface area (Å²) in [6.45, 7) is 0. The van der Waals surface area contributed by atoms with Gasteiger partial charge in [0.25, 0.3) is 0 Å². The van der Waals surface area contributed by atoms with Crippen LogP contribution in [0.4, 0.5) is 5.69 Å². The van der Waals surface area contributed by atoms with Gasteiger partial charge in [-0.25, -0.2) is 4.79 Å². The fourth-order valence-electron chi connectivity index (χ4n) is 3.90. The largest absolute Gasteiger partial charge is 0.465 e. The molecule has 128 valence electrons. The average Bonchev–Trinajstić information content (AvgIpc) is 3.13. The van der Waals surface area contributed by atoms with Gasteiger partial charge in [-0.2, -0.15) is 0 Å². The van der Waals surface area contributed by atoms with Crippen molar-refractivity contribution in [1.29, 1.82) is 0 Å². The van der Waals surface area contributed by atoms with Crippen LogP contribution < -0.4 is 5.32 Å². The Morgan fingerprint density at radius 1 is 1.12 bits per heavy atom. The predicted octanol–water partition coefficient (Wildman–Crippen LogP) is 5.61. The Balaban J connectivity index is 1.74. The van der Waals surface area contributed by atoms with Crippen molar-refractivity contribution in [3.63, 3.8) is 0 Å². The van der Waals surface area contributed by atoms with E-state index in [-0.39, 0.29) is 17.9 Å². The van der Waals surface area contributed by atoms with Crippen molar-refractivity contribution in [2.45, 2.75) is 18.4 Å². The lowest BCUT2D eigenvalue weighted by molar-refractivity contribution is 0.0600. The lowest BCUT2D eigenvalue weighted by Gasteiger charge is -2.38. The van der Waals surface area contributed by atoms with E-state index in [2.05, 4.69) is 17.5 Å². The van der Waals surface area contributed by atoms with Crippen LogP contribution in [0.15, 0.2) is 48.6 Å². The number of allylic oxidation sites excluding steroid dienone is 2. The first-order chi connectivity index (χ1) is 12.1. The van der Waals surface area contributed by atoms with Crippen LogP contribution in [0.25, 0.3) is 0 Å². The third-order valence-electron chi connectivity index (χ3n) is 5.11. The second-order valence-corrected chi connectivity index (χ2v) is 7.22. The number of carbonyl (C=O) groups excluding carboxylic acids is 1. The molecular weight excluding hydrogens is 357 g/mol. The highest BCUT2D eigenvalue weighted by atomic mass is 35.5. The average molecular weight is 374 g/mol. The molecule has 1 N–H and O–H groups in total. The van der Waals surface area contributed by atoms with Crippen molar-refractivity contribution < 1.29 is 9.53 Å². The Morgan fingerprint density at radius 2 is 1.84 bits per heavy atom. The van der Waals surface area contributed by atoms with Crippen LogP contribution in [0.5, 0.6) is 0 Å². The zero-order valence-corrected chi connectivity index (χ0v) is 15.1. The Hall–Kier alpha value is -1.97. The molecule has 5 heteroatoms. The summed E-state index contributed by atoms with van der Waals surface area (Å²) in [7, 11) is 1.39. The highest BCUT2D eigenvalue weighted by molar-refractivity contribution is 6.36. The number of nitrogens with one attached hydrogen (secondary N) is 1. The van der Waals surface area contributed by atoms with E-state index in [0.717, 1.165) is 28.3 Å². The SMILES string of the molecule is COC(=O)c1ccc([C@H]2Nc3c(Cl)ccc(Cl)c3[C@H]3C=CC[C@@H]32)cc1. The molecule has 0 fully saturated rings. The molecule has 1 aliphatic heterocycles. The summed E-state index contributed by atoms with van der Waals surface area (Å²) in [5, 5.41) is 5.00. The molecule has 3 atom stereocenters. The van der Waals surface area contributed by atoms with Gasteiger partial charge in [-0.1, -0.05) is 47.5 Å². The number of halogens is 2. The third kappa shape index (κ3) is 2.72. The number of carbonyl (C=O) groups is 1. The van der Waals surface area contributed by atoms with Crippen molar-refractivity contribution >= 4 is 34.9 Å². The predicted molar refractivity (Wildman–Crippen MR) is 101 cm³/mol. The molecule has 4 rings (SSSR count). The van der Waals surface area contributed by atoms with E-state index in [4.69, 9.17) is 27.9 Å². The lowest BCUT2D eigenvalue weighted by Crippen LogP contribution is -2.29. The summed E-state index contributed by atoms with van der Waals surface area (Å²) < 4.78 is 4.77. The van der Waals surface area contributed by atoms with Gasteiger partial charge >= 0.3 is 5.97 Å². The van der Waals surface area contributed by atoms with E-state index >= 15 is 0 Å². The van der Waals surface area contributed by atoms with Gasteiger partial charge in [-0.15, -0.1) is 0 Å². The van der Waals surface area contributed by atoms with Gasteiger partial charge in [0.1, 0.15) is 0 Å². The van der Waals surface area contributed by atoms with Gasteiger partial charge in [-0.3, -0.25) is 0 Å². The molecule has 0 radical (unpaired) electrons. The number of methoxy groups -OCH3 is 1. The molecule has 0 saturated heterocycles. The summed E-state index contributed by atoms with van der Waals surface area (Å²) in [5.41, 5.74) is 3.65. The van der Waals surface area contributed by atoms with Crippen LogP contribution in [-0.2, 0) is 4.74 Å². The Bertz CT molecular complexity index is 861. The minimum atomic E-state index is -0.330. The van der Waals surface area contributed by atoms with Gasteiger partial charge in [-0.05, 0) is 42.2 Å². The zero-order chi connectivity index (χ0) is 17.6. The molecule has 1 heterocycles. The zero-order valence-electron chi connectivity index (χ0n) is 13.6. The number of fused-ring (bicyclic) bond motifs is 3. The van der Waals surface area contributed by atoms with Crippen molar-refractivity contribution in [2.24, 2.45) is 5.92 Å². The molecule has 0 bridgehead atoms. The number of benzene rings is 2. The van der Waals surface area contributed by atoms with Gasteiger partial charge < -0.3 is 10.1 Å². The first-order valence-corrected chi connectivity index (χ1v) is 8.95. The van der Waals surface area contributed by atoms with E-state index in [9.17, 15) is 4.79 Å². The molecule has 25 heavy (non-hydrogen) atoms. The van der Waals surface area contributed by atoms with E-state index in [1.54, 1.807) is 12.1 Å². The van der Waals surface area contributed by atoms with Crippen LogP contribution in [0, 0.1) is 5.92 Å². The summed E-state index contributed by atoms with van der Waals surface area (Å²) in [4.78, 5) is 11.6. The van der Waals surface area contributed by atoms with E-state index in [1.807, 2.05) is 24.3 Å². The second-order valence-electron chi connectivity index (χ2n) is 6.41. The Morgan fingerprint density at radius 3 is 2.56 bits per heavy atom. The number of hydrogen-bond acceptors (Lipinski definition) is 3. The van der Waals surface area contributed by atoms with Gasteiger partial charge in [0.15, 0.2) is 0 Å². The first-order valence-electron chi connectivity index (χ1n) is 8.19. The van der Waals surface area contributed by atoms with Crippen LogP contribution in [-0.4, -0.2) is 13.1 Å². The monoisotopic (exact) mass is 373 g/mol. The summed E-state index contributed by atoms with van der Waals surface area (Å²) in [6, 6.07) is 11.3. The smallest absolute Gasteiger partial charge is 0.337 e. The minimum absolute atomic E-state index is 0.107. The number of esters is 1. The van der Waals surface area contributed by atoms with Gasteiger partial charge in [0.2, 0.25) is 0 Å². The number of rotatable bonds is 2. The van der Waals surface area contributed by atoms with Crippen LogP contribution in [0.2, 0.25) is 10.0 Å². The first kappa shape index (κ1) is 16.5. The normalized spacial score (nSPS) is 23.6. The highest BCUT2D eigenvalue weighted by Gasteiger charge is 2.39. The quantitative estimate of drug-likeness (QED) is 0.549. The third-order valence-corrected chi connectivity index (χ3v) is 5.75. The van der Waals surface area contributed by atoms with E-state index < -0.39 is 0 Å². The molecule has 2 aromatic carbocycles. The fourth-order valence-corrected chi connectivity index (χ4v) is 4.41. The maximum atomic E-state index is 11.6. The number of hydrogen-bond donors (Lipinski definition) is 1. The van der Waals surface area contributed by atoms with E-state index in [1.165, 1.54) is 7.11 Å².